The lowest BCUT2D eigenvalue weighted by atomic mass is 10.0. The summed E-state index contributed by atoms with van der Waals surface area (Å²) in [6.07, 6.45) is 2.46. The molecule has 2 aromatic carbocycles. The van der Waals surface area contributed by atoms with Crippen LogP contribution in [-0.2, 0) is 9.84 Å². The number of carboxylic acid groups (broad SMARTS) is 1. The Balaban J connectivity index is 1.87. The second-order valence-electron chi connectivity index (χ2n) is 5.22. The minimum atomic E-state index is -3.22. The number of hydrogen-bond donors (Lipinski definition) is 1. The second kappa shape index (κ2) is 5.93. The first kappa shape index (κ1) is 15.9. The van der Waals surface area contributed by atoms with E-state index in [2.05, 4.69) is 4.98 Å². The maximum absolute atomic E-state index is 11.5. The molecule has 0 fully saturated rings. The molecule has 0 spiro atoms. The predicted molar refractivity (Wildman–Crippen MR) is 87.4 cm³/mol. The number of sulfone groups is 1. The zero-order valence-electron chi connectivity index (χ0n) is 12.6. The van der Waals surface area contributed by atoms with Crippen molar-refractivity contribution >= 4 is 15.8 Å². The molecule has 0 aliphatic heterocycles. The van der Waals surface area contributed by atoms with Crippen molar-refractivity contribution in [1.82, 2.24) is 4.98 Å². The minimum absolute atomic E-state index is 0.270. The van der Waals surface area contributed by atoms with Gasteiger partial charge in [0.1, 0.15) is 12.0 Å². The van der Waals surface area contributed by atoms with E-state index in [1.165, 1.54) is 12.5 Å². The SMILES string of the molecule is CS(=O)(=O)c1ccc(-c2ccc(-c3coc(C(=O)O)n3)cc2)cc1. The zero-order chi connectivity index (χ0) is 17.3. The zero-order valence-corrected chi connectivity index (χ0v) is 13.4. The van der Waals surface area contributed by atoms with E-state index in [0.29, 0.717) is 5.69 Å². The van der Waals surface area contributed by atoms with Crippen LogP contribution in [0.3, 0.4) is 0 Å². The molecule has 3 rings (SSSR count). The summed E-state index contributed by atoms with van der Waals surface area (Å²) in [5, 5.41) is 8.82. The molecule has 1 aromatic heterocycles. The van der Waals surface area contributed by atoms with Crippen LogP contribution in [0.4, 0.5) is 0 Å². The Kier molecular flexibility index (Phi) is 3.94. The fourth-order valence-corrected chi connectivity index (χ4v) is 2.86. The number of nitrogens with zero attached hydrogens (tertiary/aromatic N) is 1. The molecule has 3 aromatic rings. The predicted octanol–water partition coefficient (Wildman–Crippen LogP) is 3.11. The topological polar surface area (TPSA) is 97.5 Å². The third-order valence-electron chi connectivity index (χ3n) is 3.48. The number of oxazole rings is 1. The summed E-state index contributed by atoms with van der Waals surface area (Å²) in [5.74, 6) is -1.57. The van der Waals surface area contributed by atoms with E-state index < -0.39 is 15.8 Å². The maximum atomic E-state index is 11.5. The van der Waals surface area contributed by atoms with Gasteiger partial charge in [-0.2, -0.15) is 0 Å². The molecular formula is C17H13NO5S. The first-order chi connectivity index (χ1) is 11.3. The molecule has 0 amide bonds. The number of hydrogen-bond acceptors (Lipinski definition) is 5. The van der Waals surface area contributed by atoms with E-state index in [-0.39, 0.29) is 10.8 Å². The highest BCUT2D eigenvalue weighted by atomic mass is 32.2. The second-order valence-corrected chi connectivity index (χ2v) is 7.23. The third-order valence-corrected chi connectivity index (χ3v) is 4.61. The molecule has 0 atom stereocenters. The smallest absolute Gasteiger partial charge is 0.392 e. The van der Waals surface area contributed by atoms with Crippen molar-refractivity contribution in [2.45, 2.75) is 4.90 Å². The van der Waals surface area contributed by atoms with Crippen molar-refractivity contribution in [2.75, 3.05) is 6.26 Å². The standard InChI is InChI=1S/C17H13NO5S/c1-24(21,22)14-8-6-12(7-9-14)11-2-4-13(5-3-11)15-10-23-16(18-15)17(19)20/h2-10H,1H3,(H,19,20). The summed E-state index contributed by atoms with van der Waals surface area (Å²) in [7, 11) is -3.22. The van der Waals surface area contributed by atoms with Gasteiger partial charge >= 0.3 is 11.9 Å². The average molecular weight is 343 g/mol. The molecule has 0 unspecified atom stereocenters. The van der Waals surface area contributed by atoms with Gasteiger partial charge in [-0.1, -0.05) is 36.4 Å². The van der Waals surface area contributed by atoms with Crippen LogP contribution in [0.2, 0.25) is 0 Å². The van der Waals surface area contributed by atoms with Gasteiger partial charge in [0.05, 0.1) is 4.90 Å². The first-order valence-corrected chi connectivity index (χ1v) is 8.83. The fraction of sp³-hybridized carbons (Fsp3) is 0.0588. The molecule has 0 saturated heterocycles. The first-order valence-electron chi connectivity index (χ1n) is 6.94. The van der Waals surface area contributed by atoms with Gasteiger partial charge in [-0.25, -0.2) is 18.2 Å². The highest BCUT2D eigenvalue weighted by Gasteiger charge is 2.12. The van der Waals surface area contributed by atoms with Gasteiger partial charge in [-0.3, -0.25) is 0 Å². The summed E-state index contributed by atoms with van der Waals surface area (Å²) >= 11 is 0. The Morgan fingerprint density at radius 3 is 1.92 bits per heavy atom. The molecule has 7 heteroatoms. The highest BCUT2D eigenvalue weighted by molar-refractivity contribution is 7.90. The van der Waals surface area contributed by atoms with Crippen LogP contribution in [0, 0.1) is 0 Å². The molecule has 0 radical (unpaired) electrons. The molecule has 24 heavy (non-hydrogen) atoms. The molecule has 0 aliphatic rings. The molecular weight excluding hydrogens is 330 g/mol. The number of aromatic carboxylic acids is 1. The summed E-state index contributed by atoms with van der Waals surface area (Å²) in [4.78, 5) is 14.9. The number of aromatic nitrogens is 1. The van der Waals surface area contributed by atoms with Crippen LogP contribution in [0.1, 0.15) is 10.7 Å². The molecule has 0 aliphatic carbocycles. The van der Waals surface area contributed by atoms with Crippen molar-refractivity contribution < 1.29 is 22.7 Å². The van der Waals surface area contributed by atoms with E-state index in [0.717, 1.165) is 16.7 Å². The van der Waals surface area contributed by atoms with Crippen molar-refractivity contribution in [1.29, 1.82) is 0 Å². The summed E-state index contributed by atoms with van der Waals surface area (Å²) in [6.45, 7) is 0. The monoisotopic (exact) mass is 343 g/mol. The van der Waals surface area contributed by atoms with Crippen molar-refractivity contribution in [3.8, 4) is 22.4 Å². The molecule has 6 nitrogen and oxygen atoms in total. The van der Waals surface area contributed by atoms with Crippen LogP contribution >= 0.6 is 0 Å². The molecule has 122 valence electrons. The summed E-state index contributed by atoms with van der Waals surface area (Å²) < 4.78 is 27.8. The van der Waals surface area contributed by atoms with Gasteiger partial charge in [-0.05, 0) is 23.3 Å². The number of carbonyl (C=O) groups is 1. The largest absolute Gasteiger partial charge is 0.474 e. The molecule has 0 bridgehead atoms. The van der Waals surface area contributed by atoms with Crippen molar-refractivity contribution in [3.05, 3.63) is 60.7 Å². The van der Waals surface area contributed by atoms with Gasteiger partial charge in [0, 0.05) is 11.8 Å². The Labute approximate surface area is 138 Å². The van der Waals surface area contributed by atoms with E-state index in [9.17, 15) is 13.2 Å². The van der Waals surface area contributed by atoms with Crippen LogP contribution in [-0.4, -0.2) is 30.7 Å². The summed E-state index contributed by atoms with van der Waals surface area (Å²) in [5.41, 5.74) is 2.94. The lowest BCUT2D eigenvalue weighted by Crippen LogP contribution is -1.96. The maximum Gasteiger partial charge on any atom is 0.392 e. The molecule has 1 N–H and O–H groups in total. The van der Waals surface area contributed by atoms with E-state index in [4.69, 9.17) is 9.52 Å². The van der Waals surface area contributed by atoms with Crippen LogP contribution in [0.5, 0.6) is 0 Å². The van der Waals surface area contributed by atoms with E-state index in [1.807, 2.05) is 12.1 Å². The minimum Gasteiger partial charge on any atom is -0.474 e. The van der Waals surface area contributed by atoms with Gasteiger partial charge < -0.3 is 9.52 Å². The molecule has 1 heterocycles. The van der Waals surface area contributed by atoms with Crippen molar-refractivity contribution in [2.24, 2.45) is 0 Å². The fourth-order valence-electron chi connectivity index (χ4n) is 2.23. The molecule has 0 saturated carbocycles. The van der Waals surface area contributed by atoms with E-state index in [1.54, 1.807) is 36.4 Å². The normalized spacial score (nSPS) is 11.4. The Hall–Kier alpha value is -2.93. The van der Waals surface area contributed by atoms with Gasteiger partial charge in [0.2, 0.25) is 0 Å². The van der Waals surface area contributed by atoms with Crippen LogP contribution in [0.15, 0.2) is 64.1 Å². The van der Waals surface area contributed by atoms with E-state index >= 15 is 0 Å². The summed E-state index contributed by atoms with van der Waals surface area (Å²) in [6, 6.07) is 13.9. The number of carboxylic acids is 1. The quantitative estimate of drug-likeness (QED) is 0.782. The van der Waals surface area contributed by atoms with Gasteiger partial charge in [0.25, 0.3) is 0 Å². The Bertz CT molecular complexity index is 986. The van der Waals surface area contributed by atoms with Gasteiger partial charge in [0.15, 0.2) is 9.84 Å². The lowest BCUT2D eigenvalue weighted by Gasteiger charge is -2.04. The van der Waals surface area contributed by atoms with Crippen LogP contribution in [0.25, 0.3) is 22.4 Å². The van der Waals surface area contributed by atoms with Crippen LogP contribution < -0.4 is 0 Å². The van der Waals surface area contributed by atoms with Gasteiger partial charge in [-0.15, -0.1) is 0 Å². The Morgan fingerprint density at radius 2 is 1.46 bits per heavy atom. The number of benzene rings is 2. The third kappa shape index (κ3) is 3.21. The Morgan fingerprint density at radius 1 is 0.958 bits per heavy atom. The van der Waals surface area contributed by atoms with Crippen molar-refractivity contribution in [3.63, 3.8) is 0 Å². The average Bonchev–Trinajstić information content (AvgIpc) is 3.05. The lowest BCUT2D eigenvalue weighted by molar-refractivity contribution is 0.0653. The number of rotatable bonds is 4. The highest BCUT2D eigenvalue weighted by Crippen LogP contribution is 2.25.